The van der Waals surface area contributed by atoms with Gasteiger partial charge in [0.15, 0.2) is 0 Å². The molecule has 0 unspecified atom stereocenters. The van der Waals surface area contributed by atoms with Gasteiger partial charge in [-0.15, -0.1) is 0 Å². The summed E-state index contributed by atoms with van der Waals surface area (Å²) >= 11 is 3.34. The molecule has 3 N–H and O–H groups in total. The first-order chi connectivity index (χ1) is 7.66. The average molecular weight is 281 g/mol. The number of hydrogen-bond donors (Lipinski definition) is 2. The standard InChI is InChI=1S/C12H10BrFN2/c13-8-4-6-9(7-5-8)16-11-3-1-2-10(14)12(11)15/h1-7,16H,15H2. The molecule has 0 radical (unpaired) electrons. The largest absolute Gasteiger partial charge is 0.395 e. The van der Waals surface area contributed by atoms with E-state index in [9.17, 15) is 4.39 Å². The van der Waals surface area contributed by atoms with Crippen molar-refractivity contribution in [1.29, 1.82) is 0 Å². The SMILES string of the molecule is Nc1c(F)cccc1Nc1ccc(Br)cc1. The highest BCUT2D eigenvalue weighted by molar-refractivity contribution is 9.10. The van der Waals surface area contributed by atoms with Crippen molar-refractivity contribution in [2.24, 2.45) is 0 Å². The molecule has 2 aromatic carbocycles. The number of halogens is 2. The molecular formula is C12H10BrFN2. The van der Waals surface area contributed by atoms with Crippen LogP contribution < -0.4 is 11.1 Å². The summed E-state index contributed by atoms with van der Waals surface area (Å²) in [6.45, 7) is 0. The number of benzene rings is 2. The first kappa shape index (κ1) is 11.0. The van der Waals surface area contributed by atoms with Gasteiger partial charge in [-0.3, -0.25) is 0 Å². The number of hydrogen-bond acceptors (Lipinski definition) is 2. The fraction of sp³-hybridized carbons (Fsp3) is 0. The molecule has 0 heterocycles. The highest BCUT2D eigenvalue weighted by Gasteiger charge is 2.03. The van der Waals surface area contributed by atoms with Crippen LogP contribution in [0.4, 0.5) is 21.5 Å². The Morgan fingerprint density at radius 2 is 1.75 bits per heavy atom. The molecule has 0 aromatic heterocycles. The second kappa shape index (κ2) is 4.53. The van der Waals surface area contributed by atoms with E-state index in [0.717, 1.165) is 10.2 Å². The van der Waals surface area contributed by atoms with Crippen LogP contribution in [0, 0.1) is 5.82 Å². The molecule has 2 aromatic rings. The third-order valence-electron chi connectivity index (χ3n) is 2.18. The van der Waals surface area contributed by atoms with Crippen LogP contribution in [0.15, 0.2) is 46.9 Å². The maximum absolute atomic E-state index is 13.2. The number of nitrogen functional groups attached to an aromatic ring is 1. The van der Waals surface area contributed by atoms with Gasteiger partial charge in [-0.2, -0.15) is 0 Å². The summed E-state index contributed by atoms with van der Waals surface area (Å²) in [7, 11) is 0. The lowest BCUT2D eigenvalue weighted by Crippen LogP contribution is -1.98. The van der Waals surface area contributed by atoms with Crippen molar-refractivity contribution in [3.63, 3.8) is 0 Å². The Morgan fingerprint density at radius 1 is 1.06 bits per heavy atom. The first-order valence-corrected chi connectivity index (χ1v) is 5.53. The summed E-state index contributed by atoms with van der Waals surface area (Å²) in [5, 5.41) is 3.05. The van der Waals surface area contributed by atoms with Gasteiger partial charge in [-0.25, -0.2) is 4.39 Å². The van der Waals surface area contributed by atoms with Crippen molar-refractivity contribution in [3.8, 4) is 0 Å². The van der Waals surface area contributed by atoms with E-state index in [4.69, 9.17) is 5.73 Å². The van der Waals surface area contributed by atoms with E-state index in [1.807, 2.05) is 24.3 Å². The Bertz CT molecular complexity index is 497. The molecular weight excluding hydrogens is 271 g/mol. The highest BCUT2D eigenvalue weighted by Crippen LogP contribution is 2.25. The zero-order valence-electron chi connectivity index (χ0n) is 8.37. The Kier molecular flexibility index (Phi) is 3.10. The maximum Gasteiger partial charge on any atom is 0.148 e. The number of rotatable bonds is 2. The maximum atomic E-state index is 13.2. The Balaban J connectivity index is 2.27. The summed E-state index contributed by atoms with van der Waals surface area (Å²) in [5.41, 5.74) is 7.18. The number of para-hydroxylation sites is 1. The normalized spacial score (nSPS) is 10.1. The van der Waals surface area contributed by atoms with Crippen LogP contribution in [0.5, 0.6) is 0 Å². The van der Waals surface area contributed by atoms with E-state index in [1.165, 1.54) is 6.07 Å². The van der Waals surface area contributed by atoms with Gasteiger partial charge >= 0.3 is 0 Å². The summed E-state index contributed by atoms with van der Waals surface area (Å²) in [6.07, 6.45) is 0. The van der Waals surface area contributed by atoms with Gasteiger partial charge in [0, 0.05) is 10.2 Å². The quantitative estimate of drug-likeness (QED) is 0.819. The minimum Gasteiger partial charge on any atom is -0.395 e. The summed E-state index contributed by atoms with van der Waals surface area (Å²) < 4.78 is 14.2. The molecule has 4 heteroatoms. The summed E-state index contributed by atoms with van der Waals surface area (Å²) in [4.78, 5) is 0. The molecule has 0 saturated heterocycles. The van der Waals surface area contributed by atoms with Gasteiger partial charge in [-0.05, 0) is 36.4 Å². The molecule has 0 saturated carbocycles. The minimum atomic E-state index is -0.415. The Hall–Kier alpha value is -1.55. The molecule has 82 valence electrons. The second-order valence-corrected chi connectivity index (χ2v) is 4.25. The smallest absolute Gasteiger partial charge is 0.148 e. The molecule has 16 heavy (non-hydrogen) atoms. The van der Waals surface area contributed by atoms with Gasteiger partial charge < -0.3 is 11.1 Å². The van der Waals surface area contributed by atoms with Gasteiger partial charge in [0.2, 0.25) is 0 Å². The fourth-order valence-corrected chi connectivity index (χ4v) is 1.60. The zero-order chi connectivity index (χ0) is 11.5. The van der Waals surface area contributed by atoms with Crippen LogP contribution >= 0.6 is 15.9 Å². The van der Waals surface area contributed by atoms with Crippen molar-refractivity contribution in [1.82, 2.24) is 0 Å². The van der Waals surface area contributed by atoms with Crippen LogP contribution in [0.2, 0.25) is 0 Å². The molecule has 0 atom stereocenters. The van der Waals surface area contributed by atoms with Gasteiger partial charge in [0.05, 0.1) is 11.4 Å². The topological polar surface area (TPSA) is 38.0 Å². The number of anilines is 3. The molecule has 0 amide bonds. The number of nitrogens with one attached hydrogen (secondary N) is 1. The van der Waals surface area contributed by atoms with Crippen molar-refractivity contribution < 1.29 is 4.39 Å². The Morgan fingerprint density at radius 3 is 2.44 bits per heavy atom. The van der Waals surface area contributed by atoms with Crippen LogP contribution in [0.3, 0.4) is 0 Å². The van der Waals surface area contributed by atoms with Crippen LogP contribution in [-0.4, -0.2) is 0 Å². The molecule has 0 spiro atoms. The van der Waals surface area contributed by atoms with Crippen molar-refractivity contribution in [2.75, 3.05) is 11.1 Å². The number of nitrogens with two attached hydrogens (primary N) is 1. The van der Waals surface area contributed by atoms with E-state index in [1.54, 1.807) is 12.1 Å². The molecule has 0 fully saturated rings. The lowest BCUT2D eigenvalue weighted by atomic mass is 10.2. The monoisotopic (exact) mass is 280 g/mol. The second-order valence-electron chi connectivity index (χ2n) is 3.33. The van der Waals surface area contributed by atoms with Crippen LogP contribution in [0.25, 0.3) is 0 Å². The first-order valence-electron chi connectivity index (χ1n) is 4.73. The molecule has 0 aliphatic carbocycles. The predicted octanol–water partition coefficient (Wildman–Crippen LogP) is 3.91. The van der Waals surface area contributed by atoms with Crippen molar-refractivity contribution >= 4 is 33.0 Å². The van der Waals surface area contributed by atoms with Crippen molar-refractivity contribution in [2.45, 2.75) is 0 Å². The lowest BCUT2D eigenvalue weighted by Gasteiger charge is -2.09. The van der Waals surface area contributed by atoms with Crippen LogP contribution in [-0.2, 0) is 0 Å². The van der Waals surface area contributed by atoms with E-state index in [-0.39, 0.29) is 5.69 Å². The van der Waals surface area contributed by atoms with E-state index < -0.39 is 5.82 Å². The average Bonchev–Trinajstić information content (AvgIpc) is 2.28. The third-order valence-corrected chi connectivity index (χ3v) is 2.70. The Labute approximate surface area is 101 Å². The highest BCUT2D eigenvalue weighted by atomic mass is 79.9. The minimum absolute atomic E-state index is 0.130. The van der Waals surface area contributed by atoms with Crippen molar-refractivity contribution in [3.05, 3.63) is 52.8 Å². The van der Waals surface area contributed by atoms with Gasteiger partial charge in [0.25, 0.3) is 0 Å². The molecule has 2 nitrogen and oxygen atoms in total. The van der Waals surface area contributed by atoms with E-state index in [2.05, 4.69) is 21.2 Å². The van der Waals surface area contributed by atoms with Crippen LogP contribution in [0.1, 0.15) is 0 Å². The summed E-state index contributed by atoms with van der Waals surface area (Å²) in [5.74, 6) is -0.415. The molecule has 0 bridgehead atoms. The van der Waals surface area contributed by atoms with Gasteiger partial charge in [-0.1, -0.05) is 22.0 Å². The lowest BCUT2D eigenvalue weighted by molar-refractivity contribution is 0.633. The molecule has 0 aliphatic heterocycles. The third kappa shape index (κ3) is 2.33. The van der Waals surface area contributed by atoms with E-state index >= 15 is 0 Å². The predicted molar refractivity (Wildman–Crippen MR) is 68.2 cm³/mol. The zero-order valence-corrected chi connectivity index (χ0v) is 9.96. The van der Waals surface area contributed by atoms with E-state index in [0.29, 0.717) is 5.69 Å². The fourth-order valence-electron chi connectivity index (χ4n) is 1.33. The summed E-state index contributed by atoms with van der Waals surface area (Å²) in [6, 6.07) is 12.3. The molecule has 0 aliphatic rings. The van der Waals surface area contributed by atoms with Gasteiger partial charge in [0.1, 0.15) is 5.82 Å². The molecule has 2 rings (SSSR count).